The Bertz CT molecular complexity index is 801. The third kappa shape index (κ3) is 5.41. The van der Waals surface area contributed by atoms with Crippen LogP contribution < -0.4 is 16.0 Å². The van der Waals surface area contributed by atoms with E-state index < -0.39 is 6.04 Å². The van der Waals surface area contributed by atoms with E-state index in [0.717, 1.165) is 12.8 Å². The molecule has 0 unspecified atom stereocenters. The molecule has 0 spiro atoms. The zero-order valence-corrected chi connectivity index (χ0v) is 17.0. The summed E-state index contributed by atoms with van der Waals surface area (Å²) in [7, 11) is 0. The van der Waals surface area contributed by atoms with Crippen molar-refractivity contribution in [3.63, 3.8) is 0 Å². The molecule has 3 N–H and O–H groups in total. The summed E-state index contributed by atoms with van der Waals surface area (Å²) >= 11 is 0. The Balaban J connectivity index is 1.45. The van der Waals surface area contributed by atoms with Crippen molar-refractivity contribution in [3.05, 3.63) is 24.3 Å². The SMILES string of the molecule is CC(C)N1C(=O)C[C@@H](N[C@H](C)CC(=O)Nc2ccc(NC(=O)C3CC3)cc2)C1=O. The summed E-state index contributed by atoms with van der Waals surface area (Å²) in [6, 6.07) is 5.96. The van der Waals surface area contributed by atoms with Gasteiger partial charge in [-0.3, -0.25) is 24.1 Å². The molecule has 3 rings (SSSR count). The number of carbonyl (C=O) groups is 4. The average Bonchev–Trinajstić information content (AvgIpc) is 3.43. The van der Waals surface area contributed by atoms with E-state index in [2.05, 4.69) is 16.0 Å². The summed E-state index contributed by atoms with van der Waals surface area (Å²) in [6.07, 6.45) is 2.18. The van der Waals surface area contributed by atoms with Gasteiger partial charge in [-0.25, -0.2) is 0 Å². The minimum atomic E-state index is -0.581. The second-order valence-electron chi connectivity index (χ2n) is 8.11. The van der Waals surface area contributed by atoms with E-state index in [1.807, 2.05) is 6.92 Å². The van der Waals surface area contributed by atoms with Gasteiger partial charge in [-0.15, -0.1) is 0 Å². The molecule has 8 nitrogen and oxygen atoms in total. The molecule has 8 heteroatoms. The number of nitrogens with one attached hydrogen (secondary N) is 3. The normalized spacial score (nSPS) is 20.1. The Morgan fingerprint density at radius 3 is 2.14 bits per heavy atom. The van der Waals surface area contributed by atoms with Crippen LogP contribution in [0, 0.1) is 5.92 Å². The van der Waals surface area contributed by atoms with Crippen molar-refractivity contribution in [1.29, 1.82) is 0 Å². The molecular weight excluding hydrogens is 372 g/mol. The second-order valence-corrected chi connectivity index (χ2v) is 8.11. The summed E-state index contributed by atoms with van der Waals surface area (Å²) in [5, 5.41) is 8.74. The van der Waals surface area contributed by atoms with Crippen molar-refractivity contribution in [2.75, 3.05) is 10.6 Å². The smallest absolute Gasteiger partial charge is 0.247 e. The Morgan fingerprint density at radius 1 is 1.03 bits per heavy atom. The zero-order chi connectivity index (χ0) is 21.1. The van der Waals surface area contributed by atoms with Gasteiger partial charge in [0.2, 0.25) is 23.6 Å². The van der Waals surface area contributed by atoms with E-state index in [4.69, 9.17) is 0 Å². The maximum Gasteiger partial charge on any atom is 0.247 e. The zero-order valence-electron chi connectivity index (χ0n) is 17.0. The lowest BCUT2D eigenvalue weighted by atomic mass is 10.1. The van der Waals surface area contributed by atoms with Gasteiger partial charge in [-0.1, -0.05) is 0 Å². The van der Waals surface area contributed by atoms with Gasteiger partial charge in [0.1, 0.15) is 0 Å². The molecule has 0 aromatic heterocycles. The van der Waals surface area contributed by atoms with E-state index in [1.165, 1.54) is 4.90 Å². The maximum absolute atomic E-state index is 12.3. The number of rotatable bonds is 8. The average molecular weight is 400 g/mol. The van der Waals surface area contributed by atoms with Crippen LogP contribution in [0.4, 0.5) is 11.4 Å². The lowest BCUT2D eigenvalue weighted by Gasteiger charge is -2.21. The van der Waals surface area contributed by atoms with Crippen molar-refractivity contribution in [3.8, 4) is 0 Å². The predicted molar refractivity (Wildman–Crippen MR) is 109 cm³/mol. The first-order valence-electron chi connectivity index (χ1n) is 10.1. The second kappa shape index (κ2) is 8.73. The monoisotopic (exact) mass is 400 g/mol. The fourth-order valence-corrected chi connectivity index (χ4v) is 3.44. The maximum atomic E-state index is 12.3. The summed E-state index contributed by atoms with van der Waals surface area (Å²) in [4.78, 5) is 49.6. The van der Waals surface area contributed by atoms with Gasteiger partial charge in [0, 0.05) is 35.8 Å². The van der Waals surface area contributed by atoms with Crippen molar-refractivity contribution in [2.45, 2.75) is 64.6 Å². The first kappa shape index (κ1) is 21.0. The number of hydrogen-bond acceptors (Lipinski definition) is 5. The van der Waals surface area contributed by atoms with E-state index in [0.29, 0.717) is 11.4 Å². The number of nitrogens with zero attached hydrogens (tertiary/aromatic N) is 1. The molecule has 1 aromatic rings. The van der Waals surface area contributed by atoms with Crippen molar-refractivity contribution >= 4 is 35.0 Å². The number of imide groups is 1. The van der Waals surface area contributed by atoms with Gasteiger partial charge in [-0.05, 0) is 57.9 Å². The lowest BCUT2D eigenvalue weighted by molar-refractivity contribution is -0.141. The highest BCUT2D eigenvalue weighted by molar-refractivity contribution is 6.05. The molecule has 2 fully saturated rings. The highest BCUT2D eigenvalue weighted by atomic mass is 16.2. The number of anilines is 2. The van der Waals surface area contributed by atoms with Crippen LogP contribution in [0.25, 0.3) is 0 Å². The predicted octanol–water partition coefficient (Wildman–Crippen LogP) is 1.88. The van der Waals surface area contributed by atoms with E-state index >= 15 is 0 Å². The van der Waals surface area contributed by atoms with Gasteiger partial charge in [0.25, 0.3) is 0 Å². The Morgan fingerprint density at radius 2 is 1.62 bits per heavy atom. The molecular formula is C21H28N4O4. The Kier molecular flexibility index (Phi) is 6.32. The summed E-state index contributed by atoms with van der Waals surface area (Å²) < 4.78 is 0. The Labute approximate surface area is 170 Å². The molecule has 1 aliphatic carbocycles. The van der Waals surface area contributed by atoms with Crippen LogP contribution in [0.1, 0.15) is 46.5 Å². The van der Waals surface area contributed by atoms with Gasteiger partial charge < -0.3 is 16.0 Å². The highest BCUT2D eigenvalue weighted by Crippen LogP contribution is 2.30. The number of likely N-dealkylation sites (tertiary alicyclic amines) is 1. The van der Waals surface area contributed by atoms with Crippen LogP contribution in [0.3, 0.4) is 0 Å². The van der Waals surface area contributed by atoms with Gasteiger partial charge >= 0.3 is 0 Å². The standard InChI is InChI=1S/C21H28N4O4/c1-12(2)25-19(27)11-17(21(25)29)22-13(3)10-18(26)23-15-6-8-16(9-7-15)24-20(28)14-4-5-14/h6-9,12-14,17,22H,4-5,10-11H2,1-3H3,(H,23,26)(H,24,28)/t13-,17-/m1/s1. The molecule has 2 atom stereocenters. The highest BCUT2D eigenvalue weighted by Gasteiger charge is 2.40. The molecule has 156 valence electrons. The molecule has 0 bridgehead atoms. The van der Waals surface area contributed by atoms with Gasteiger partial charge in [0.05, 0.1) is 12.5 Å². The minimum absolute atomic E-state index is 0.0395. The number of hydrogen-bond donors (Lipinski definition) is 3. The van der Waals surface area contributed by atoms with Crippen LogP contribution in [0.15, 0.2) is 24.3 Å². The van der Waals surface area contributed by atoms with E-state index in [9.17, 15) is 19.2 Å². The molecule has 29 heavy (non-hydrogen) atoms. The van der Waals surface area contributed by atoms with Gasteiger partial charge in [-0.2, -0.15) is 0 Å². The van der Waals surface area contributed by atoms with Crippen LogP contribution in [-0.2, 0) is 19.2 Å². The molecule has 0 radical (unpaired) electrons. The fourth-order valence-electron chi connectivity index (χ4n) is 3.44. The first-order valence-corrected chi connectivity index (χ1v) is 10.1. The summed E-state index contributed by atoms with van der Waals surface area (Å²) in [5.74, 6) is -0.443. The lowest BCUT2D eigenvalue weighted by Crippen LogP contribution is -2.45. The van der Waals surface area contributed by atoms with Crippen molar-refractivity contribution in [2.24, 2.45) is 5.92 Å². The molecule has 2 aliphatic rings. The molecule has 4 amide bonds. The molecule has 1 saturated heterocycles. The summed E-state index contributed by atoms with van der Waals surface area (Å²) in [5.41, 5.74) is 1.33. The largest absolute Gasteiger partial charge is 0.326 e. The van der Waals surface area contributed by atoms with Gasteiger partial charge in [0.15, 0.2) is 0 Å². The van der Waals surface area contributed by atoms with Crippen LogP contribution in [-0.4, -0.2) is 46.7 Å². The minimum Gasteiger partial charge on any atom is -0.326 e. The third-order valence-corrected chi connectivity index (χ3v) is 5.06. The molecule has 1 aliphatic heterocycles. The Hall–Kier alpha value is -2.74. The molecule has 1 aromatic carbocycles. The first-order chi connectivity index (χ1) is 13.7. The number of benzene rings is 1. The van der Waals surface area contributed by atoms with Crippen LogP contribution >= 0.6 is 0 Å². The van der Waals surface area contributed by atoms with Crippen molar-refractivity contribution in [1.82, 2.24) is 10.2 Å². The molecule has 1 heterocycles. The number of carbonyl (C=O) groups excluding carboxylic acids is 4. The quantitative estimate of drug-likeness (QED) is 0.578. The molecule has 1 saturated carbocycles. The van der Waals surface area contributed by atoms with E-state index in [1.54, 1.807) is 38.1 Å². The topological polar surface area (TPSA) is 108 Å². The third-order valence-electron chi connectivity index (χ3n) is 5.06. The number of amides is 4. The van der Waals surface area contributed by atoms with Crippen LogP contribution in [0.5, 0.6) is 0 Å². The van der Waals surface area contributed by atoms with Crippen LogP contribution in [0.2, 0.25) is 0 Å². The van der Waals surface area contributed by atoms with Crippen molar-refractivity contribution < 1.29 is 19.2 Å². The fraction of sp³-hybridized carbons (Fsp3) is 0.524. The van der Waals surface area contributed by atoms with E-state index in [-0.39, 0.29) is 54.5 Å². The summed E-state index contributed by atoms with van der Waals surface area (Å²) in [6.45, 7) is 5.42.